The summed E-state index contributed by atoms with van der Waals surface area (Å²) in [6, 6.07) is 4.14. The molecule has 2 rings (SSSR count). The standard InChI is InChI=1S/C10H9BrOS/c11-10(9-1-3-12-6-9)5-8-2-4-13-7-8/h1-4,6-7,10H,5H2. The van der Waals surface area contributed by atoms with E-state index >= 15 is 0 Å². The summed E-state index contributed by atoms with van der Waals surface area (Å²) in [6.07, 6.45) is 4.51. The zero-order valence-electron chi connectivity index (χ0n) is 6.94. The molecule has 0 fully saturated rings. The Morgan fingerprint density at radius 2 is 2.38 bits per heavy atom. The van der Waals surface area contributed by atoms with Gasteiger partial charge in [-0.15, -0.1) is 0 Å². The maximum absolute atomic E-state index is 5.03. The molecular weight excluding hydrogens is 248 g/mol. The van der Waals surface area contributed by atoms with Crippen LogP contribution >= 0.6 is 27.3 Å². The number of halogens is 1. The van der Waals surface area contributed by atoms with Gasteiger partial charge < -0.3 is 4.42 Å². The van der Waals surface area contributed by atoms with Gasteiger partial charge >= 0.3 is 0 Å². The summed E-state index contributed by atoms with van der Waals surface area (Å²) in [7, 11) is 0. The fourth-order valence-electron chi connectivity index (χ4n) is 1.19. The van der Waals surface area contributed by atoms with E-state index in [9.17, 15) is 0 Å². The van der Waals surface area contributed by atoms with E-state index in [2.05, 4.69) is 32.8 Å². The van der Waals surface area contributed by atoms with Crippen molar-refractivity contribution in [3.8, 4) is 0 Å². The van der Waals surface area contributed by atoms with Gasteiger partial charge in [0.15, 0.2) is 0 Å². The van der Waals surface area contributed by atoms with Gasteiger partial charge in [-0.25, -0.2) is 0 Å². The van der Waals surface area contributed by atoms with Crippen molar-refractivity contribution in [2.75, 3.05) is 0 Å². The fourth-order valence-corrected chi connectivity index (χ4v) is 2.50. The first-order valence-corrected chi connectivity index (χ1v) is 5.89. The van der Waals surface area contributed by atoms with Crippen molar-refractivity contribution in [1.82, 2.24) is 0 Å². The van der Waals surface area contributed by atoms with Crippen molar-refractivity contribution in [1.29, 1.82) is 0 Å². The smallest absolute Gasteiger partial charge is 0.0946 e. The van der Waals surface area contributed by atoms with E-state index in [0.717, 1.165) is 6.42 Å². The highest BCUT2D eigenvalue weighted by atomic mass is 79.9. The second-order valence-corrected chi connectivity index (χ2v) is 4.75. The van der Waals surface area contributed by atoms with Gasteiger partial charge in [0.05, 0.1) is 12.5 Å². The van der Waals surface area contributed by atoms with Gasteiger partial charge in [-0.1, -0.05) is 15.9 Å². The monoisotopic (exact) mass is 256 g/mol. The lowest BCUT2D eigenvalue weighted by molar-refractivity contribution is 0.563. The summed E-state index contributed by atoms with van der Waals surface area (Å²) in [6.45, 7) is 0. The Balaban J connectivity index is 2.04. The van der Waals surface area contributed by atoms with Crippen LogP contribution in [-0.4, -0.2) is 0 Å². The second-order valence-electron chi connectivity index (χ2n) is 2.86. The molecule has 0 N–H and O–H groups in total. The summed E-state index contributed by atoms with van der Waals surface area (Å²) in [4.78, 5) is 0.362. The number of hydrogen-bond acceptors (Lipinski definition) is 2. The van der Waals surface area contributed by atoms with Gasteiger partial charge in [-0.05, 0) is 34.9 Å². The lowest BCUT2D eigenvalue weighted by Gasteiger charge is -2.04. The number of furan rings is 1. The molecule has 68 valence electrons. The van der Waals surface area contributed by atoms with Crippen molar-refractivity contribution in [3.05, 3.63) is 46.5 Å². The molecule has 13 heavy (non-hydrogen) atoms. The Hall–Kier alpha value is -0.540. The molecule has 0 spiro atoms. The van der Waals surface area contributed by atoms with E-state index in [4.69, 9.17) is 4.42 Å². The van der Waals surface area contributed by atoms with Crippen molar-refractivity contribution in [2.24, 2.45) is 0 Å². The molecule has 0 saturated heterocycles. The molecule has 1 unspecified atom stereocenters. The highest BCUT2D eigenvalue weighted by Gasteiger charge is 2.09. The van der Waals surface area contributed by atoms with Crippen LogP contribution in [0.4, 0.5) is 0 Å². The van der Waals surface area contributed by atoms with Gasteiger partial charge in [-0.2, -0.15) is 11.3 Å². The van der Waals surface area contributed by atoms with Crippen LogP contribution in [0, 0.1) is 0 Å². The Labute approximate surface area is 89.5 Å². The summed E-state index contributed by atoms with van der Waals surface area (Å²) in [5.74, 6) is 0. The molecule has 0 saturated carbocycles. The molecule has 2 heterocycles. The van der Waals surface area contributed by atoms with Crippen LogP contribution in [0.2, 0.25) is 0 Å². The van der Waals surface area contributed by atoms with E-state index in [1.165, 1.54) is 11.1 Å². The third-order valence-corrected chi connectivity index (χ3v) is 3.48. The van der Waals surface area contributed by atoms with Gasteiger partial charge in [0.25, 0.3) is 0 Å². The van der Waals surface area contributed by atoms with Crippen LogP contribution < -0.4 is 0 Å². The molecule has 0 aliphatic heterocycles. The average Bonchev–Trinajstić information content (AvgIpc) is 2.74. The number of hydrogen-bond donors (Lipinski definition) is 0. The summed E-state index contributed by atoms with van der Waals surface area (Å²) in [5, 5.41) is 4.28. The zero-order chi connectivity index (χ0) is 9.10. The van der Waals surface area contributed by atoms with E-state index < -0.39 is 0 Å². The molecule has 0 aromatic carbocycles. The normalized spacial score (nSPS) is 13.0. The summed E-state index contributed by atoms with van der Waals surface area (Å²) >= 11 is 5.37. The van der Waals surface area contributed by atoms with E-state index in [1.54, 1.807) is 23.9 Å². The first-order valence-electron chi connectivity index (χ1n) is 4.03. The number of thiophene rings is 1. The van der Waals surface area contributed by atoms with E-state index in [-0.39, 0.29) is 0 Å². The molecular formula is C10H9BrOS. The predicted octanol–water partition coefficient (Wildman–Crippen LogP) is 4.02. The Kier molecular flexibility index (Phi) is 2.86. The van der Waals surface area contributed by atoms with E-state index in [1.807, 2.05) is 6.07 Å². The van der Waals surface area contributed by atoms with Crippen molar-refractivity contribution in [2.45, 2.75) is 11.2 Å². The fraction of sp³-hybridized carbons (Fsp3) is 0.200. The predicted molar refractivity (Wildman–Crippen MR) is 58.4 cm³/mol. The second kappa shape index (κ2) is 4.11. The van der Waals surface area contributed by atoms with Crippen LogP contribution in [-0.2, 0) is 6.42 Å². The quantitative estimate of drug-likeness (QED) is 0.757. The molecule has 0 amide bonds. The molecule has 1 atom stereocenters. The molecule has 0 aliphatic carbocycles. The van der Waals surface area contributed by atoms with Crippen LogP contribution in [0.15, 0.2) is 39.8 Å². The van der Waals surface area contributed by atoms with Crippen LogP contribution in [0.1, 0.15) is 16.0 Å². The summed E-state index contributed by atoms with van der Waals surface area (Å²) in [5.41, 5.74) is 2.57. The lowest BCUT2D eigenvalue weighted by Crippen LogP contribution is -1.91. The Morgan fingerprint density at radius 3 is 3.00 bits per heavy atom. The third-order valence-electron chi connectivity index (χ3n) is 1.90. The summed E-state index contributed by atoms with van der Waals surface area (Å²) < 4.78 is 5.03. The van der Waals surface area contributed by atoms with Crippen LogP contribution in [0.5, 0.6) is 0 Å². The molecule has 2 aromatic rings. The molecule has 0 aliphatic rings. The van der Waals surface area contributed by atoms with Crippen molar-refractivity contribution in [3.63, 3.8) is 0 Å². The highest BCUT2D eigenvalue weighted by molar-refractivity contribution is 9.09. The molecule has 2 aromatic heterocycles. The van der Waals surface area contributed by atoms with Gasteiger partial charge in [0, 0.05) is 10.4 Å². The van der Waals surface area contributed by atoms with Gasteiger partial charge in [-0.3, -0.25) is 0 Å². The molecule has 0 radical (unpaired) electrons. The molecule has 1 nitrogen and oxygen atoms in total. The molecule has 3 heteroatoms. The number of alkyl halides is 1. The SMILES string of the molecule is BrC(Cc1ccsc1)c1ccoc1. The maximum atomic E-state index is 5.03. The number of rotatable bonds is 3. The minimum Gasteiger partial charge on any atom is -0.472 e. The largest absolute Gasteiger partial charge is 0.472 e. The third kappa shape index (κ3) is 2.23. The minimum atomic E-state index is 0.362. The first kappa shape index (κ1) is 9.03. The Bertz CT molecular complexity index is 339. The first-order chi connectivity index (χ1) is 6.36. The van der Waals surface area contributed by atoms with Crippen molar-refractivity contribution >= 4 is 27.3 Å². The van der Waals surface area contributed by atoms with Gasteiger partial charge in [0.1, 0.15) is 0 Å². The maximum Gasteiger partial charge on any atom is 0.0946 e. The van der Waals surface area contributed by atoms with Crippen LogP contribution in [0.25, 0.3) is 0 Å². The zero-order valence-corrected chi connectivity index (χ0v) is 9.35. The van der Waals surface area contributed by atoms with E-state index in [0.29, 0.717) is 4.83 Å². The minimum absolute atomic E-state index is 0.362. The Morgan fingerprint density at radius 1 is 1.46 bits per heavy atom. The van der Waals surface area contributed by atoms with Gasteiger partial charge in [0.2, 0.25) is 0 Å². The highest BCUT2D eigenvalue weighted by Crippen LogP contribution is 2.27. The molecule has 0 bridgehead atoms. The average molecular weight is 257 g/mol. The topological polar surface area (TPSA) is 13.1 Å². The van der Waals surface area contributed by atoms with Crippen LogP contribution in [0.3, 0.4) is 0 Å². The van der Waals surface area contributed by atoms with Crippen molar-refractivity contribution < 1.29 is 4.42 Å². The lowest BCUT2D eigenvalue weighted by atomic mass is 10.1.